The van der Waals surface area contributed by atoms with Gasteiger partial charge in [0.2, 0.25) is 0 Å². The van der Waals surface area contributed by atoms with Gasteiger partial charge >= 0.3 is 0 Å². The minimum atomic E-state index is 0.704. The topological polar surface area (TPSA) is 29.3 Å². The molecule has 0 heterocycles. The van der Waals surface area contributed by atoms with E-state index in [-0.39, 0.29) is 0 Å². The van der Waals surface area contributed by atoms with Crippen LogP contribution in [0.25, 0.3) is 0 Å². The van der Waals surface area contributed by atoms with Crippen LogP contribution >= 0.6 is 11.9 Å². The quantitative estimate of drug-likeness (QED) is 0.598. The third kappa shape index (κ3) is 6.15. The summed E-state index contributed by atoms with van der Waals surface area (Å²) in [5.74, 6) is 1.76. The first-order valence-corrected chi connectivity index (χ1v) is 4.18. The maximum atomic E-state index is 5.30. The molecule has 0 radical (unpaired) electrons. The molecular weight excluding hydrogens is 132 g/mol. The Hall–Kier alpha value is 0.270. The van der Waals surface area contributed by atoms with Gasteiger partial charge in [-0.25, -0.2) is 0 Å². The van der Waals surface area contributed by atoms with Crippen LogP contribution in [0, 0.1) is 5.92 Å². The number of rotatable bonds is 4. The Morgan fingerprint density at radius 3 is 2.44 bits per heavy atom. The molecule has 0 spiro atoms. The van der Waals surface area contributed by atoms with Crippen LogP contribution in [0.1, 0.15) is 6.92 Å². The summed E-state index contributed by atoms with van der Waals surface area (Å²) in [4.78, 5) is 2.18. The van der Waals surface area contributed by atoms with Crippen molar-refractivity contribution in [3.63, 3.8) is 0 Å². The van der Waals surface area contributed by atoms with Gasteiger partial charge in [0, 0.05) is 12.3 Å². The van der Waals surface area contributed by atoms with Crippen molar-refractivity contribution >= 4 is 11.9 Å². The first-order valence-electron chi connectivity index (χ1n) is 3.13. The minimum Gasteiger partial charge on any atom is -0.309 e. The molecule has 0 bridgehead atoms. The highest BCUT2D eigenvalue weighted by atomic mass is 32.2. The van der Waals surface area contributed by atoms with Gasteiger partial charge in [0.1, 0.15) is 0 Å². The van der Waals surface area contributed by atoms with Crippen LogP contribution in [-0.4, -0.2) is 31.3 Å². The van der Waals surface area contributed by atoms with E-state index in [9.17, 15) is 0 Å². The predicted molar refractivity (Wildman–Crippen MR) is 44.4 cm³/mol. The molecule has 0 aromatic carbocycles. The molecule has 0 aliphatic carbocycles. The number of nitrogens with zero attached hydrogens (tertiary/aromatic N) is 1. The highest BCUT2D eigenvalue weighted by Crippen LogP contribution is 2.01. The second kappa shape index (κ2) is 5.09. The second-order valence-corrected chi connectivity index (χ2v) is 3.37. The minimum absolute atomic E-state index is 0.704. The van der Waals surface area contributed by atoms with E-state index in [0.717, 1.165) is 12.3 Å². The lowest BCUT2D eigenvalue weighted by molar-refractivity contribution is 0.357. The van der Waals surface area contributed by atoms with E-state index in [4.69, 9.17) is 5.14 Å². The molecule has 0 aliphatic rings. The Labute approximate surface area is 61.9 Å². The highest BCUT2D eigenvalue weighted by Gasteiger charge is 2.00. The van der Waals surface area contributed by atoms with Crippen molar-refractivity contribution in [3.8, 4) is 0 Å². The van der Waals surface area contributed by atoms with Crippen LogP contribution in [-0.2, 0) is 0 Å². The Morgan fingerprint density at radius 2 is 2.11 bits per heavy atom. The maximum absolute atomic E-state index is 5.30. The van der Waals surface area contributed by atoms with Crippen LogP contribution < -0.4 is 5.14 Å². The summed E-state index contributed by atoms with van der Waals surface area (Å²) in [6.07, 6.45) is 0. The van der Waals surface area contributed by atoms with Gasteiger partial charge in [-0.05, 0) is 20.0 Å². The standard InChI is InChI=1S/C6H16N2S/c1-6(5-9-7)4-8(2)3/h6H,4-5,7H2,1-3H3. The van der Waals surface area contributed by atoms with E-state index in [2.05, 4.69) is 25.9 Å². The molecule has 2 nitrogen and oxygen atoms in total. The van der Waals surface area contributed by atoms with Gasteiger partial charge in [0.05, 0.1) is 0 Å². The number of hydrogen-bond acceptors (Lipinski definition) is 3. The van der Waals surface area contributed by atoms with E-state index >= 15 is 0 Å². The molecule has 3 heteroatoms. The van der Waals surface area contributed by atoms with E-state index in [1.807, 2.05) is 0 Å². The van der Waals surface area contributed by atoms with Crippen LogP contribution in [0.2, 0.25) is 0 Å². The third-order valence-electron chi connectivity index (χ3n) is 1.06. The monoisotopic (exact) mass is 148 g/mol. The Balaban J connectivity index is 3.15. The fourth-order valence-electron chi connectivity index (χ4n) is 0.840. The average molecular weight is 148 g/mol. The van der Waals surface area contributed by atoms with Gasteiger partial charge < -0.3 is 4.90 Å². The molecule has 0 aliphatic heterocycles. The van der Waals surface area contributed by atoms with Crippen molar-refractivity contribution < 1.29 is 0 Å². The fourth-order valence-corrected chi connectivity index (χ4v) is 1.27. The van der Waals surface area contributed by atoms with Gasteiger partial charge in [0.25, 0.3) is 0 Å². The summed E-state index contributed by atoms with van der Waals surface area (Å²) >= 11 is 1.43. The zero-order chi connectivity index (χ0) is 7.28. The molecule has 56 valence electrons. The highest BCUT2D eigenvalue weighted by molar-refractivity contribution is 7.97. The molecular formula is C6H16N2S. The van der Waals surface area contributed by atoms with Gasteiger partial charge in [0.15, 0.2) is 0 Å². The van der Waals surface area contributed by atoms with Crippen molar-refractivity contribution in [1.82, 2.24) is 4.90 Å². The summed E-state index contributed by atoms with van der Waals surface area (Å²) in [6.45, 7) is 3.34. The summed E-state index contributed by atoms with van der Waals surface area (Å²) < 4.78 is 0. The molecule has 0 amide bonds. The zero-order valence-corrected chi connectivity index (χ0v) is 7.24. The average Bonchev–Trinajstić information content (AvgIpc) is 1.63. The number of hydrogen-bond donors (Lipinski definition) is 1. The first kappa shape index (κ1) is 9.27. The first-order chi connectivity index (χ1) is 4.16. The van der Waals surface area contributed by atoms with Gasteiger partial charge in [-0.1, -0.05) is 18.9 Å². The Kier molecular flexibility index (Phi) is 5.24. The van der Waals surface area contributed by atoms with Crippen molar-refractivity contribution in [1.29, 1.82) is 0 Å². The molecule has 2 N–H and O–H groups in total. The lowest BCUT2D eigenvalue weighted by Gasteiger charge is -2.14. The van der Waals surface area contributed by atoms with Crippen molar-refractivity contribution in [3.05, 3.63) is 0 Å². The van der Waals surface area contributed by atoms with Crippen LogP contribution in [0.15, 0.2) is 0 Å². The van der Waals surface area contributed by atoms with Crippen molar-refractivity contribution in [2.45, 2.75) is 6.92 Å². The van der Waals surface area contributed by atoms with Gasteiger partial charge in [-0.2, -0.15) is 0 Å². The second-order valence-electron chi connectivity index (χ2n) is 2.70. The van der Waals surface area contributed by atoms with Crippen molar-refractivity contribution in [2.75, 3.05) is 26.4 Å². The summed E-state index contributed by atoms with van der Waals surface area (Å²) in [5, 5.41) is 5.30. The predicted octanol–water partition coefficient (Wildman–Crippen LogP) is 0.791. The Morgan fingerprint density at radius 1 is 1.56 bits per heavy atom. The SMILES string of the molecule is CC(CSN)CN(C)C. The summed E-state index contributed by atoms with van der Waals surface area (Å²) in [7, 11) is 4.16. The van der Waals surface area contributed by atoms with Gasteiger partial charge in [-0.3, -0.25) is 5.14 Å². The fraction of sp³-hybridized carbons (Fsp3) is 1.00. The Bertz CT molecular complexity index is 66.1. The normalized spacial score (nSPS) is 14.3. The molecule has 9 heavy (non-hydrogen) atoms. The van der Waals surface area contributed by atoms with Gasteiger partial charge in [-0.15, -0.1) is 0 Å². The molecule has 0 rings (SSSR count). The lowest BCUT2D eigenvalue weighted by Crippen LogP contribution is -2.21. The molecule has 0 fully saturated rings. The van der Waals surface area contributed by atoms with Crippen LogP contribution in [0.3, 0.4) is 0 Å². The smallest absolute Gasteiger partial charge is 0.0114 e. The molecule has 0 saturated heterocycles. The molecule has 0 saturated carbocycles. The molecule has 1 unspecified atom stereocenters. The molecule has 0 aromatic heterocycles. The van der Waals surface area contributed by atoms with E-state index in [1.54, 1.807) is 0 Å². The van der Waals surface area contributed by atoms with Crippen LogP contribution in [0.4, 0.5) is 0 Å². The zero-order valence-electron chi connectivity index (χ0n) is 6.42. The van der Waals surface area contributed by atoms with Crippen molar-refractivity contribution in [2.24, 2.45) is 11.1 Å². The molecule has 1 atom stereocenters. The largest absolute Gasteiger partial charge is 0.309 e. The number of nitrogens with two attached hydrogens (primary N) is 1. The van der Waals surface area contributed by atoms with E-state index in [0.29, 0.717) is 5.92 Å². The van der Waals surface area contributed by atoms with Crippen LogP contribution in [0.5, 0.6) is 0 Å². The van der Waals surface area contributed by atoms with E-state index in [1.165, 1.54) is 11.9 Å². The lowest BCUT2D eigenvalue weighted by atomic mass is 10.2. The maximum Gasteiger partial charge on any atom is 0.0114 e. The van der Waals surface area contributed by atoms with E-state index < -0.39 is 0 Å². The summed E-state index contributed by atoms with van der Waals surface area (Å²) in [5.41, 5.74) is 0. The summed E-state index contributed by atoms with van der Waals surface area (Å²) in [6, 6.07) is 0. The molecule has 0 aromatic rings. The third-order valence-corrected chi connectivity index (χ3v) is 1.82.